The van der Waals surface area contributed by atoms with E-state index < -0.39 is 6.10 Å². The van der Waals surface area contributed by atoms with E-state index in [4.69, 9.17) is 15.2 Å². The topological polar surface area (TPSA) is 64.7 Å². The standard InChI is InChI=1S/C14H21NO3/c1-2-10(7-12(16)9-15)11-3-4-13-14(8-11)18-6-5-17-13/h3-4,8,10,12,16H,2,5-7,9,15H2,1H3. The summed E-state index contributed by atoms with van der Waals surface area (Å²) < 4.78 is 11.1. The summed E-state index contributed by atoms with van der Waals surface area (Å²) >= 11 is 0. The number of hydrogen-bond donors (Lipinski definition) is 2. The molecule has 3 N–H and O–H groups in total. The molecule has 0 aliphatic carbocycles. The van der Waals surface area contributed by atoms with E-state index in [2.05, 4.69) is 6.92 Å². The fraction of sp³-hybridized carbons (Fsp3) is 0.571. The molecule has 4 heteroatoms. The van der Waals surface area contributed by atoms with Crippen LogP contribution in [0.15, 0.2) is 18.2 Å². The van der Waals surface area contributed by atoms with Crippen molar-refractivity contribution < 1.29 is 14.6 Å². The van der Waals surface area contributed by atoms with E-state index in [0.717, 1.165) is 17.9 Å². The van der Waals surface area contributed by atoms with Gasteiger partial charge in [-0.1, -0.05) is 13.0 Å². The fourth-order valence-electron chi connectivity index (χ4n) is 2.28. The Morgan fingerprint density at radius 2 is 2.00 bits per heavy atom. The van der Waals surface area contributed by atoms with E-state index in [9.17, 15) is 5.11 Å². The van der Waals surface area contributed by atoms with Crippen LogP contribution in [0, 0.1) is 0 Å². The molecule has 0 saturated heterocycles. The lowest BCUT2D eigenvalue weighted by molar-refractivity contribution is 0.161. The SMILES string of the molecule is CCC(CC(O)CN)c1ccc2c(c1)OCCO2. The molecule has 0 aromatic heterocycles. The molecule has 0 bridgehead atoms. The largest absolute Gasteiger partial charge is 0.486 e. The smallest absolute Gasteiger partial charge is 0.161 e. The van der Waals surface area contributed by atoms with E-state index in [1.165, 1.54) is 5.56 Å². The highest BCUT2D eigenvalue weighted by atomic mass is 16.6. The molecular weight excluding hydrogens is 230 g/mol. The predicted octanol–water partition coefficient (Wildman–Crippen LogP) is 1.66. The van der Waals surface area contributed by atoms with Gasteiger partial charge < -0.3 is 20.3 Å². The average Bonchev–Trinajstić information content (AvgIpc) is 2.44. The van der Waals surface area contributed by atoms with Gasteiger partial charge in [-0.3, -0.25) is 0 Å². The summed E-state index contributed by atoms with van der Waals surface area (Å²) in [4.78, 5) is 0. The van der Waals surface area contributed by atoms with E-state index >= 15 is 0 Å². The minimum Gasteiger partial charge on any atom is -0.486 e. The maximum Gasteiger partial charge on any atom is 0.161 e. The lowest BCUT2D eigenvalue weighted by Crippen LogP contribution is -2.22. The van der Waals surface area contributed by atoms with Crippen LogP contribution in [-0.4, -0.2) is 31.0 Å². The second kappa shape index (κ2) is 6.07. The zero-order valence-corrected chi connectivity index (χ0v) is 10.8. The summed E-state index contributed by atoms with van der Waals surface area (Å²) in [6.07, 6.45) is 1.21. The first kappa shape index (κ1) is 13.2. The highest BCUT2D eigenvalue weighted by molar-refractivity contribution is 5.44. The molecule has 0 saturated carbocycles. The fourth-order valence-corrected chi connectivity index (χ4v) is 2.28. The van der Waals surface area contributed by atoms with Crippen LogP contribution < -0.4 is 15.2 Å². The molecule has 18 heavy (non-hydrogen) atoms. The molecule has 0 radical (unpaired) electrons. The molecule has 0 spiro atoms. The van der Waals surface area contributed by atoms with Gasteiger partial charge >= 0.3 is 0 Å². The number of benzene rings is 1. The number of fused-ring (bicyclic) bond motifs is 1. The number of aliphatic hydroxyl groups is 1. The molecule has 2 atom stereocenters. The number of aliphatic hydroxyl groups excluding tert-OH is 1. The zero-order valence-electron chi connectivity index (χ0n) is 10.8. The third-order valence-electron chi connectivity index (χ3n) is 3.36. The van der Waals surface area contributed by atoms with Crippen molar-refractivity contribution in [3.63, 3.8) is 0 Å². The zero-order chi connectivity index (χ0) is 13.0. The molecule has 0 fully saturated rings. The van der Waals surface area contributed by atoms with Gasteiger partial charge in [0.25, 0.3) is 0 Å². The van der Waals surface area contributed by atoms with Crippen molar-refractivity contribution >= 4 is 0 Å². The summed E-state index contributed by atoms with van der Waals surface area (Å²) in [6, 6.07) is 6.01. The number of nitrogens with two attached hydrogens (primary N) is 1. The molecule has 1 heterocycles. The lowest BCUT2D eigenvalue weighted by Gasteiger charge is -2.22. The summed E-state index contributed by atoms with van der Waals surface area (Å²) in [6.45, 7) is 3.62. The Labute approximate surface area is 108 Å². The quantitative estimate of drug-likeness (QED) is 0.835. The number of rotatable bonds is 5. The average molecular weight is 251 g/mol. The predicted molar refractivity (Wildman–Crippen MR) is 70.1 cm³/mol. The Balaban J connectivity index is 2.15. The Kier molecular flexibility index (Phi) is 4.44. The molecule has 1 aliphatic rings. The monoisotopic (exact) mass is 251 g/mol. The Bertz CT molecular complexity index is 395. The molecule has 2 unspecified atom stereocenters. The first-order chi connectivity index (χ1) is 8.74. The highest BCUT2D eigenvalue weighted by Gasteiger charge is 2.18. The van der Waals surface area contributed by atoms with Crippen LogP contribution in [0.5, 0.6) is 11.5 Å². The second-order valence-electron chi connectivity index (χ2n) is 4.63. The molecule has 2 rings (SSSR count). The summed E-state index contributed by atoms with van der Waals surface area (Å²) in [5.74, 6) is 1.91. The van der Waals surface area contributed by atoms with Crippen molar-refractivity contribution in [1.82, 2.24) is 0 Å². The summed E-state index contributed by atoms with van der Waals surface area (Å²) in [5, 5.41) is 9.68. The van der Waals surface area contributed by atoms with Crippen LogP contribution in [0.3, 0.4) is 0 Å². The first-order valence-electron chi connectivity index (χ1n) is 6.52. The summed E-state index contributed by atoms with van der Waals surface area (Å²) in [7, 11) is 0. The van der Waals surface area contributed by atoms with Crippen LogP contribution in [0.4, 0.5) is 0 Å². The number of ether oxygens (including phenoxy) is 2. The van der Waals surface area contributed by atoms with E-state index in [0.29, 0.717) is 32.1 Å². The minimum atomic E-state index is -0.442. The molecule has 100 valence electrons. The third-order valence-corrected chi connectivity index (χ3v) is 3.36. The molecule has 0 amide bonds. The minimum absolute atomic E-state index is 0.305. The Morgan fingerprint density at radius 1 is 1.28 bits per heavy atom. The van der Waals surface area contributed by atoms with Crippen molar-refractivity contribution in [3.8, 4) is 11.5 Å². The maximum absolute atomic E-state index is 9.68. The van der Waals surface area contributed by atoms with E-state index in [1.807, 2.05) is 18.2 Å². The van der Waals surface area contributed by atoms with Crippen molar-refractivity contribution in [2.75, 3.05) is 19.8 Å². The van der Waals surface area contributed by atoms with Crippen LogP contribution in [0.25, 0.3) is 0 Å². The normalized spacial score (nSPS) is 17.3. The molecule has 4 nitrogen and oxygen atoms in total. The van der Waals surface area contributed by atoms with Crippen molar-refractivity contribution in [3.05, 3.63) is 23.8 Å². The van der Waals surface area contributed by atoms with Crippen molar-refractivity contribution in [2.24, 2.45) is 5.73 Å². The van der Waals surface area contributed by atoms with Gasteiger partial charge in [-0.2, -0.15) is 0 Å². The van der Waals surface area contributed by atoms with E-state index in [1.54, 1.807) is 0 Å². The van der Waals surface area contributed by atoms with Gasteiger partial charge in [0, 0.05) is 6.54 Å². The van der Waals surface area contributed by atoms with Gasteiger partial charge in [0.2, 0.25) is 0 Å². The van der Waals surface area contributed by atoms with Gasteiger partial charge in [0.1, 0.15) is 13.2 Å². The highest BCUT2D eigenvalue weighted by Crippen LogP contribution is 2.35. The van der Waals surface area contributed by atoms with Crippen LogP contribution >= 0.6 is 0 Å². The van der Waals surface area contributed by atoms with Gasteiger partial charge in [0.15, 0.2) is 11.5 Å². The van der Waals surface area contributed by atoms with Gasteiger partial charge in [-0.25, -0.2) is 0 Å². The van der Waals surface area contributed by atoms with Crippen molar-refractivity contribution in [2.45, 2.75) is 31.8 Å². The van der Waals surface area contributed by atoms with Crippen LogP contribution in [-0.2, 0) is 0 Å². The van der Waals surface area contributed by atoms with Gasteiger partial charge in [0.05, 0.1) is 6.10 Å². The Hall–Kier alpha value is -1.26. The molecule has 1 aromatic rings. The van der Waals surface area contributed by atoms with Gasteiger partial charge in [-0.15, -0.1) is 0 Å². The Morgan fingerprint density at radius 3 is 2.67 bits per heavy atom. The third kappa shape index (κ3) is 2.94. The first-order valence-corrected chi connectivity index (χ1v) is 6.52. The second-order valence-corrected chi connectivity index (χ2v) is 4.63. The molecule has 1 aromatic carbocycles. The number of hydrogen-bond acceptors (Lipinski definition) is 4. The lowest BCUT2D eigenvalue weighted by atomic mass is 9.90. The molecule has 1 aliphatic heterocycles. The van der Waals surface area contributed by atoms with Crippen LogP contribution in [0.2, 0.25) is 0 Å². The molecular formula is C14H21NO3. The van der Waals surface area contributed by atoms with E-state index in [-0.39, 0.29) is 0 Å². The summed E-state index contributed by atoms with van der Waals surface area (Å²) in [5.41, 5.74) is 6.64. The maximum atomic E-state index is 9.68. The van der Waals surface area contributed by atoms with Crippen molar-refractivity contribution in [1.29, 1.82) is 0 Å². The van der Waals surface area contributed by atoms with Crippen LogP contribution in [0.1, 0.15) is 31.2 Å². The van der Waals surface area contributed by atoms with Gasteiger partial charge in [-0.05, 0) is 36.5 Å².